The number of hydrogen-bond acceptors (Lipinski definition) is 18. The summed E-state index contributed by atoms with van der Waals surface area (Å²) in [6, 6.07) is 12.9. The number of carboxylic acid groups (broad SMARTS) is 1. The van der Waals surface area contributed by atoms with E-state index in [1.165, 1.54) is 30.5 Å². The molecule has 5 aromatic rings. The number of nitrogens with two attached hydrogens (primary N) is 4. The normalized spacial score (nSPS) is 14.7. The monoisotopic (exact) mass is 1430 g/mol. The van der Waals surface area contributed by atoms with E-state index >= 15 is 0 Å². The molecule has 103 heavy (non-hydrogen) atoms. The van der Waals surface area contributed by atoms with Crippen molar-refractivity contribution in [2.75, 3.05) is 32.8 Å². The lowest BCUT2D eigenvalue weighted by molar-refractivity contribution is -0.146. The summed E-state index contributed by atoms with van der Waals surface area (Å²) in [5.74, 6) is -15.2. The number of aliphatic hydroxyl groups is 1. The predicted octanol–water partition coefficient (Wildman–Crippen LogP) is -4.94. The van der Waals surface area contributed by atoms with Crippen LogP contribution in [0.3, 0.4) is 0 Å². The zero-order chi connectivity index (χ0) is 75.4. The van der Waals surface area contributed by atoms with E-state index in [1.807, 2.05) is 0 Å². The van der Waals surface area contributed by atoms with Crippen LogP contribution in [0.15, 0.2) is 109 Å². The molecule has 552 valence electrons. The fourth-order valence-electron chi connectivity index (χ4n) is 11.2. The number of primary amides is 2. The van der Waals surface area contributed by atoms with Crippen molar-refractivity contribution in [3.8, 4) is 5.75 Å². The van der Waals surface area contributed by atoms with E-state index in [9.17, 15) is 82.4 Å². The van der Waals surface area contributed by atoms with E-state index in [0.29, 0.717) is 38.7 Å². The topological polar surface area (TPSA) is 579 Å². The van der Waals surface area contributed by atoms with Crippen molar-refractivity contribution in [1.82, 2.24) is 68.4 Å². The Hall–Kier alpha value is -12.0. The second kappa shape index (κ2) is 39.1. The van der Waals surface area contributed by atoms with Crippen molar-refractivity contribution >= 4 is 99.6 Å². The molecule has 0 saturated carbocycles. The highest BCUT2D eigenvalue weighted by Crippen LogP contribution is 2.25. The lowest BCUT2D eigenvalue weighted by Crippen LogP contribution is -2.62. The van der Waals surface area contributed by atoms with E-state index in [4.69, 9.17) is 28.3 Å². The number of aliphatic hydroxyl groups excluding tert-OH is 1. The van der Waals surface area contributed by atoms with Gasteiger partial charge in [-0.2, -0.15) is 0 Å². The smallest absolute Gasteiger partial charge is 0.326 e. The first-order chi connectivity index (χ1) is 49.0. The van der Waals surface area contributed by atoms with E-state index in [0.717, 1.165) is 4.90 Å². The summed E-state index contributed by atoms with van der Waals surface area (Å²) in [6.07, 6.45) is -1.12. The highest BCUT2D eigenvalue weighted by molar-refractivity contribution is 6.01. The number of rotatable bonds is 39. The molecule has 35 nitrogen and oxygen atoms in total. The molecular weight excluding hydrogens is 1340 g/mol. The highest BCUT2D eigenvalue weighted by atomic mass is 16.4. The van der Waals surface area contributed by atoms with Gasteiger partial charge in [-0.3, -0.25) is 67.7 Å². The van der Waals surface area contributed by atoms with Crippen molar-refractivity contribution in [3.05, 3.63) is 137 Å². The molecule has 4 aromatic carbocycles. The first-order valence-corrected chi connectivity index (χ1v) is 32.9. The van der Waals surface area contributed by atoms with Gasteiger partial charge in [0.25, 0.3) is 0 Å². The van der Waals surface area contributed by atoms with Gasteiger partial charge in [0, 0.05) is 55.9 Å². The molecule has 1 aliphatic heterocycles. The summed E-state index contributed by atoms with van der Waals surface area (Å²) in [5.41, 5.74) is 25.1. The summed E-state index contributed by atoms with van der Waals surface area (Å²) < 4.78 is 0. The van der Waals surface area contributed by atoms with Gasteiger partial charge in [0.05, 0.1) is 39.1 Å². The van der Waals surface area contributed by atoms with Crippen LogP contribution in [0.2, 0.25) is 0 Å². The minimum Gasteiger partial charge on any atom is -0.508 e. The SMILES string of the molecule is CC(C)C[C@H](NC(=O)CNC(=O)[C@@H]1Cc2ccccc2CN1C(=O)[C@H](CO)NC(=O)[C@H](CC(N)=O)NC(=O)[C@H](Cc1c[nH]c2ccccc12)NC(=O)[C@H](CC(N)=O)NC(=O)[C@@H](Cc1ccc(O)cc1)NC(=O)CNC(=O)CN)C(=O)N[C@@H](CCCNC(=N)N)C(=O)N[C@@H](Cc1ccccc1)C(=O)O. The van der Waals surface area contributed by atoms with Crippen LogP contribution in [0.1, 0.15) is 73.8 Å². The molecule has 0 saturated heterocycles. The number of aromatic amines is 1. The van der Waals surface area contributed by atoms with E-state index in [1.54, 1.807) is 92.7 Å². The number of hydrogen-bond donors (Lipinski definition) is 20. The van der Waals surface area contributed by atoms with Crippen LogP contribution >= 0.6 is 0 Å². The number of nitrogens with zero attached hydrogens (tertiary/aromatic N) is 1. The fraction of sp³-hybridized carbons (Fsp3) is 0.397. The van der Waals surface area contributed by atoms with Gasteiger partial charge in [0.2, 0.25) is 76.8 Å². The summed E-state index contributed by atoms with van der Waals surface area (Å²) >= 11 is 0. The maximum absolute atomic E-state index is 14.8. The molecule has 1 aliphatic rings. The lowest BCUT2D eigenvalue weighted by atomic mass is 9.92. The molecule has 0 unspecified atom stereocenters. The van der Waals surface area contributed by atoms with E-state index < -0.39 is 176 Å². The second-order valence-electron chi connectivity index (χ2n) is 24.9. The van der Waals surface area contributed by atoms with E-state index in [2.05, 4.69) is 63.5 Å². The number of aromatic hydroxyl groups is 1. The average molecular weight is 1430 g/mol. The van der Waals surface area contributed by atoms with E-state index in [-0.39, 0.29) is 75.7 Å². The average Bonchev–Trinajstić information content (AvgIpc) is 1.05. The van der Waals surface area contributed by atoms with Crippen molar-refractivity contribution in [2.24, 2.45) is 28.9 Å². The number of carboxylic acids is 1. The summed E-state index contributed by atoms with van der Waals surface area (Å²) in [7, 11) is 0. The Bertz CT molecular complexity index is 3890. The molecule has 1 aromatic heterocycles. The standard InChI is InChI=1S/C68H88N18O17/c1-36(2)23-46(60(95)80-45(17-10-22-74-68(72)73)59(94)84-51(67(102)103)25-37-11-4-3-5-12-37)78-58(93)33-77-65(100)53-27-39-13-6-7-14-40(39)34-86(53)66(101)52(35-87)85-64(99)50(29-55(71)90)83-62(97)48(26-41-31-75-44-16-9-8-15-43(41)44)81-63(98)49(28-54(70)89)82-61(96)47(24-38-18-20-42(88)21-19-38)79-57(92)32-76-56(91)30-69/h3-9,11-16,18-21,31,36,45-53,75,87-88H,10,17,22-30,32-35,69H2,1-2H3,(H2,70,89)(H2,71,90)(H,76,91)(H,77,100)(H,78,93)(H,79,92)(H,80,95)(H,81,98)(H,82,96)(H,83,97)(H,84,94)(H,85,99)(H,102,103)(H4,72,73,74)/t45-,46-,47+,48-,49-,50-,51-,52-,53-/m0/s1. The van der Waals surface area contributed by atoms with Gasteiger partial charge in [-0.05, 0) is 71.2 Å². The largest absolute Gasteiger partial charge is 0.508 e. The number of guanidine groups is 1. The van der Waals surface area contributed by atoms with Crippen LogP contribution in [-0.2, 0) is 99.4 Å². The predicted molar refractivity (Wildman–Crippen MR) is 370 cm³/mol. The number of aliphatic carboxylic acids is 1. The zero-order valence-corrected chi connectivity index (χ0v) is 56.6. The third-order valence-corrected chi connectivity index (χ3v) is 16.4. The Morgan fingerprint density at radius 2 is 1.05 bits per heavy atom. The van der Waals surface area contributed by atoms with Crippen LogP contribution < -0.4 is 81.4 Å². The zero-order valence-electron chi connectivity index (χ0n) is 56.6. The number of aromatic nitrogens is 1. The third kappa shape index (κ3) is 25.3. The van der Waals surface area contributed by atoms with Gasteiger partial charge in [-0.25, -0.2) is 4.79 Å². The molecule has 24 N–H and O–H groups in total. The fourth-order valence-corrected chi connectivity index (χ4v) is 11.2. The van der Waals surface area contributed by atoms with Gasteiger partial charge in [0.15, 0.2) is 5.96 Å². The molecule has 6 rings (SSSR count). The van der Waals surface area contributed by atoms with Crippen LogP contribution in [0.4, 0.5) is 0 Å². The van der Waals surface area contributed by atoms with Crippen LogP contribution in [-0.4, -0.2) is 201 Å². The maximum Gasteiger partial charge on any atom is 0.326 e. The number of carbonyl (C=O) groups is 14. The maximum atomic E-state index is 14.8. The van der Waals surface area contributed by atoms with Gasteiger partial charge >= 0.3 is 5.97 Å². The van der Waals surface area contributed by atoms with Gasteiger partial charge in [0.1, 0.15) is 60.1 Å². The number of phenolic OH excluding ortho intramolecular Hbond substituents is 1. The lowest BCUT2D eigenvalue weighted by Gasteiger charge is -2.38. The van der Waals surface area contributed by atoms with Crippen molar-refractivity contribution in [1.29, 1.82) is 5.41 Å². The summed E-state index contributed by atoms with van der Waals surface area (Å²) in [5, 5.41) is 65.9. The number of phenols is 1. The first kappa shape index (κ1) is 80.0. The van der Waals surface area contributed by atoms with Crippen molar-refractivity contribution in [2.45, 2.75) is 133 Å². The van der Waals surface area contributed by atoms with Gasteiger partial charge in [-0.15, -0.1) is 0 Å². The Morgan fingerprint density at radius 1 is 0.553 bits per heavy atom. The number of benzene rings is 4. The molecule has 2 heterocycles. The molecule has 9 atom stereocenters. The Kier molecular flexibility index (Phi) is 30.4. The number of H-pyrrole nitrogens is 1. The molecule has 0 spiro atoms. The highest BCUT2D eigenvalue weighted by Gasteiger charge is 2.41. The van der Waals surface area contributed by atoms with Gasteiger partial charge < -0.3 is 107 Å². The van der Waals surface area contributed by atoms with Crippen LogP contribution in [0.25, 0.3) is 10.9 Å². The molecule has 35 heteroatoms. The Labute approximate surface area is 590 Å². The minimum atomic E-state index is -1.97. The molecular formula is C68H88N18O17. The molecule has 0 fully saturated rings. The summed E-state index contributed by atoms with van der Waals surface area (Å²) in [6.45, 7) is 0.314. The first-order valence-electron chi connectivity index (χ1n) is 32.9. The Balaban J connectivity index is 1.19. The van der Waals surface area contributed by atoms with Crippen molar-refractivity contribution in [3.63, 3.8) is 0 Å². The van der Waals surface area contributed by atoms with Crippen molar-refractivity contribution < 1.29 is 82.4 Å². The Morgan fingerprint density at radius 3 is 1.64 bits per heavy atom. The number of para-hydroxylation sites is 1. The number of carbonyl (C=O) groups excluding carboxylic acids is 13. The second-order valence-corrected chi connectivity index (χ2v) is 24.9. The quantitative estimate of drug-likeness (QED) is 0.00996. The minimum absolute atomic E-state index is 0.0116. The van der Waals surface area contributed by atoms with Crippen LogP contribution in [0, 0.1) is 11.3 Å². The third-order valence-electron chi connectivity index (χ3n) is 16.4. The molecule has 13 amide bonds. The molecule has 0 bridgehead atoms. The number of nitrogens with one attached hydrogen (secondary N) is 13. The molecule has 0 radical (unpaired) electrons. The number of amides is 13. The van der Waals surface area contributed by atoms with Crippen LogP contribution in [0.5, 0.6) is 5.75 Å². The van der Waals surface area contributed by atoms with Gasteiger partial charge in [-0.1, -0.05) is 98.8 Å². The number of fused-ring (bicyclic) bond motifs is 2. The molecule has 0 aliphatic carbocycles. The summed E-state index contributed by atoms with van der Waals surface area (Å²) in [4.78, 5) is 195.